The van der Waals surface area contributed by atoms with Crippen LogP contribution in [-0.2, 0) is 0 Å². The molecule has 0 aromatic heterocycles. The molecule has 0 aliphatic carbocycles. The molecule has 1 aliphatic heterocycles. The van der Waals surface area contributed by atoms with E-state index in [0.29, 0.717) is 6.04 Å². The van der Waals surface area contributed by atoms with Crippen molar-refractivity contribution in [2.24, 2.45) is 17.6 Å². The topological polar surface area (TPSA) is 29.3 Å². The van der Waals surface area contributed by atoms with Crippen LogP contribution in [0.4, 0.5) is 0 Å². The van der Waals surface area contributed by atoms with Gasteiger partial charge in [0.05, 0.1) is 0 Å². The Morgan fingerprint density at radius 3 is 2.27 bits per heavy atom. The number of piperidine rings is 1. The first-order valence-electron chi connectivity index (χ1n) is 6.63. The second-order valence-electron chi connectivity index (χ2n) is 5.30. The van der Waals surface area contributed by atoms with Gasteiger partial charge in [-0.05, 0) is 44.2 Å². The van der Waals surface area contributed by atoms with Crippen molar-refractivity contribution < 1.29 is 0 Å². The van der Waals surface area contributed by atoms with Crippen LogP contribution in [0.5, 0.6) is 0 Å². The molecular formula is C13H28N2. The molecule has 1 fully saturated rings. The van der Waals surface area contributed by atoms with E-state index in [1.807, 2.05) is 0 Å². The number of hydrogen-bond donors (Lipinski definition) is 1. The van der Waals surface area contributed by atoms with Gasteiger partial charge in [-0.3, -0.25) is 4.90 Å². The van der Waals surface area contributed by atoms with Crippen molar-refractivity contribution in [3.63, 3.8) is 0 Å². The maximum Gasteiger partial charge on any atom is 0.0218 e. The van der Waals surface area contributed by atoms with Crippen LogP contribution < -0.4 is 5.73 Å². The third-order valence-corrected chi connectivity index (χ3v) is 3.93. The lowest BCUT2D eigenvalue weighted by Gasteiger charge is -2.38. The molecule has 2 nitrogen and oxygen atoms in total. The predicted molar refractivity (Wildman–Crippen MR) is 66.9 cm³/mol. The summed E-state index contributed by atoms with van der Waals surface area (Å²) in [5.74, 6) is 1.80. The summed E-state index contributed by atoms with van der Waals surface area (Å²) in [7, 11) is 0. The van der Waals surface area contributed by atoms with Crippen LogP contribution in [0.3, 0.4) is 0 Å². The standard InChI is InChI=1S/C13H28N2/c1-4-5-13(10-14)15-8-6-12(7-9-15)11(2)3/h11-13H,4-10,14H2,1-3H3. The number of nitrogens with zero attached hydrogens (tertiary/aromatic N) is 1. The van der Waals surface area contributed by atoms with Gasteiger partial charge in [0.1, 0.15) is 0 Å². The molecule has 2 heteroatoms. The number of likely N-dealkylation sites (tertiary alicyclic amines) is 1. The van der Waals surface area contributed by atoms with Crippen LogP contribution in [0, 0.1) is 11.8 Å². The molecule has 0 amide bonds. The quantitative estimate of drug-likeness (QED) is 0.758. The predicted octanol–water partition coefficient (Wildman–Crippen LogP) is 2.48. The maximum atomic E-state index is 5.84. The number of rotatable bonds is 5. The van der Waals surface area contributed by atoms with E-state index in [-0.39, 0.29) is 0 Å². The van der Waals surface area contributed by atoms with Crippen LogP contribution >= 0.6 is 0 Å². The van der Waals surface area contributed by atoms with Gasteiger partial charge in [-0.2, -0.15) is 0 Å². The fourth-order valence-corrected chi connectivity index (χ4v) is 2.73. The van der Waals surface area contributed by atoms with Gasteiger partial charge in [0.25, 0.3) is 0 Å². The lowest BCUT2D eigenvalue weighted by Crippen LogP contribution is -2.45. The van der Waals surface area contributed by atoms with Gasteiger partial charge in [0.15, 0.2) is 0 Å². The summed E-state index contributed by atoms with van der Waals surface area (Å²) in [4.78, 5) is 2.61. The Balaban J connectivity index is 2.35. The fourth-order valence-electron chi connectivity index (χ4n) is 2.73. The minimum atomic E-state index is 0.642. The summed E-state index contributed by atoms with van der Waals surface area (Å²) in [6, 6.07) is 0.642. The minimum absolute atomic E-state index is 0.642. The third-order valence-electron chi connectivity index (χ3n) is 3.93. The lowest BCUT2D eigenvalue weighted by atomic mass is 9.86. The molecule has 0 bridgehead atoms. The minimum Gasteiger partial charge on any atom is -0.329 e. The molecule has 0 radical (unpaired) electrons. The SMILES string of the molecule is CCCC(CN)N1CCC(C(C)C)CC1. The zero-order valence-corrected chi connectivity index (χ0v) is 10.7. The van der Waals surface area contributed by atoms with Gasteiger partial charge in [0, 0.05) is 12.6 Å². The molecule has 1 heterocycles. The molecule has 1 atom stereocenters. The van der Waals surface area contributed by atoms with E-state index in [1.165, 1.54) is 38.8 Å². The molecule has 0 aromatic rings. The average Bonchev–Trinajstić information content (AvgIpc) is 2.26. The van der Waals surface area contributed by atoms with Crippen molar-refractivity contribution >= 4 is 0 Å². The molecule has 0 aromatic carbocycles. The second kappa shape index (κ2) is 6.49. The van der Waals surface area contributed by atoms with Gasteiger partial charge in [-0.1, -0.05) is 27.2 Å². The van der Waals surface area contributed by atoms with E-state index < -0.39 is 0 Å². The Morgan fingerprint density at radius 2 is 1.87 bits per heavy atom. The van der Waals surface area contributed by atoms with E-state index >= 15 is 0 Å². The first-order chi connectivity index (χ1) is 7.19. The second-order valence-corrected chi connectivity index (χ2v) is 5.30. The summed E-state index contributed by atoms with van der Waals surface area (Å²) in [6.07, 6.45) is 5.27. The molecule has 2 N–H and O–H groups in total. The molecule has 0 spiro atoms. The molecular weight excluding hydrogens is 184 g/mol. The van der Waals surface area contributed by atoms with Crippen molar-refractivity contribution in [2.45, 2.75) is 52.5 Å². The van der Waals surface area contributed by atoms with E-state index in [1.54, 1.807) is 0 Å². The van der Waals surface area contributed by atoms with Crippen LogP contribution in [0.25, 0.3) is 0 Å². The van der Waals surface area contributed by atoms with E-state index in [2.05, 4.69) is 25.7 Å². The Bertz CT molecular complexity index is 160. The summed E-state index contributed by atoms with van der Waals surface area (Å²) in [5.41, 5.74) is 5.84. The Kier molecular flexibility index (Phi) is 5.62. The van der Waals surface area contributed by atoms with Crippen molar-refractivity contribution in [1.29, 1.82) is 0 Å². The van der Waals surface area contributed by atoms with Crippen molar-refractivity contribution in [3.05, 3.63) is 0 Å². The lowest BCUT2D eigenvalue weighted by molar-refractivity contribution is 0.112. The van der Waals surface area contributed by atoms with Crippen molar-refractivity contribution in [1.82, 2.24) is 4.90 Å². The smallest absolute Gasteiger partial charge is 0.0218 e. The zero-order valence-electron chi connectivity index (χ0n) is 10.7. The maximum absolute atomic E-state index is 5.84. The third kappa shape index (κ3) is 3.76. The van der Waals surface area contributed by atoms with Crippen molar-refractivity contribution in [3.8, 4) is 0 Å². The molecule has 1 unspecified atom stereocenters. The number of hydrogen-bond acceptors (Lipinski definition) is 2. The average molecular weight is 212 g/mol. The van der Waals surface area contributed by atoms with Gasteiger partial charge < -0.3 is 5.73 Å². The highest BCUT2D eigenvalue weighted by molar-refractivity contribution is 4.79. The highest BCUT2D eigenvalue weighted by atomic mass is 15.2. The van der Waals surface area contributed by atoms with Gasteiger partial charge in [-0.15, -0.1) is 0 Å². The van der Waals surface area contributed by atoms with Crippen LogP contribution in [0.2, 0.25) is 0 Å². The van der Waals surface area contributed by atoms with Gasteiger partial charge in [0.2, 0.25) is 0 Å². The van der Waals surface area contributed by atoms with Gasteiger partial charge >= 0.3 is 0 Å². The first kappa shape index (κ1) is 13.0. The Hall–Kier alpha value is -0.0800. The Morgan fingerprint density at radius 1 is 1.27 bits per heavy atom. The summed E-state index contributed by atoms with van der Waals surface area (Å²) in [6.45, 7) is 10.3. The molecule has 1 saturated heterocycles. The zero-order chi connectivity index (χ0) is 11.3. The summed E-state index contributed by atoms with van der Waals surface area (Å²) in [5, 5.41) is 0. The monoisotopic (exact) mass is 212 g/mol. The van der Waals surface area contributed by atoms with E-state index in [0.717, 1.165) is 18.4 Å². The molecule has 1 aliphatic rings. The van der Waals surface area contributed by atoms with Crippen LogP contribution in [-0.4, -0.2) is 30.6 Å². The normalized spacial score (nSPS) is 22.2. The molecule has 1 rings (SSSR count). The van der Waals surface area contributed by atoms with Crippen LogP contribution in [0.1, 0.15) is 46.5 Å². The van der Waals surface area contributed by atoms with Crippen LogP contribution in [0.15, 0.2) is 0 Å². The molecule has 0 saturated carbocycles. The van der Waals surface area contributed by atoms with E-state index in [4.69, 9.17) is 5.73 Å². The summed E-state index contributed by atoms with van der Waals surface area (Å²) < 4.78 is 0. The highest BCUT2D eigenvalue weighted by Gasteiger charge is 2.25. The summed E-state index contributed by atoms with van der Waals surface area (Å²) >= 11 is 0. The van der Waals surface area contributed by atoms with Gasteiger partial charge in [-0.25, -0.2) is 0 Å². The largest absolute Gasteiger partial charge is 0.329 e. The molecule has 15 heavy (non-hydrogen) atoms. The first-order valence-corrected chi connectivity index (χ1v) is 6.63. The van der Waals surface area contributed by atoms with E-state index in [9.17, 15) is 0 Å². The van der Waals surface area contributed by atoms with Crippen molar-refractivity contribution in [2.75, 3.05) is 19.6 Å². The Labute approximate surface area is 95.2 Å². The highest BCUT2D eigenvalue weighted by Crippen LogP contribution is 2.25. The fraction of sp³-hybridized carbons (Fsp3) is 1.00. The number of nitrogens with two attached hydrogens (primary N) is 1. The molecule has 90 valence electrons.